The summed E-state index contributed by atoms with van der Waals surface area (Å²) in [5.74, 6) is 0.670. The van der Waals surface area contributed by atoms with Crippen LogP contribution in [0.4, 0.5) is 0 Å². The molecular weight excluding hydrogens is 316 g/mol. The highest BCUT2D eigenvalue weighted by Crippen LogP contribution is 2.38. The lowest BCUT2D eigenvalue weighted by Crippen LogP contribution is -2.05. The van der Waals surface area contributed by atoms with Gasteiger partial charge in [0.15, 0.2) is 5.78 Å². The van der Waals surface area contributed by atoms with Crippen LogP contribution in [0.2, 0.25) is 0 Å². The minimum atomic E-state index is 0.209. The van der Waals surface area contributed by atoms with Gasteiger partial charge in [0.2, 0.25) is 0 Å². The van der Waals surface area contributed by atoms with E-state index in [9.17, 15) is 4.79 Å². The Labute approximate surface area is 146 Å². The highest BCUT2D eigenvalue weighted by atomic mass is 32.2. The predicted octanol–water partition coefficient (Wildman–Crippen LogP) is 4.96. The van der Waals surface area contributed by atoms with E-state index in [1.807, 2.05) is 30.5 Å². The van der Waals surface area contributed by atoms with Gasteiger partial charge in [0, 0.05) is 39.5 Å². The number of carbonyl (C=O) groups is 1. The summed E-state index contributed by atoms with van der Waals surface area (Å²) in [7, 11) is 0. The van der Waals surface area contributed by atoms with E-state index in [0.717, 1.165) is 27.1 Å². The fourth-order valence-electron chi connectivity index (χ4n) is 3.37. The van der Waals surface area contributed by atoms with Crippen molar-refractivity contribution in [3.8, 4) is 0 Å². The molecule has 1 aliphatic rings. The lowest BCUT2D eigenvalue weighted by Gasteiger charge is -2.08. The van der Waals surface area contributed by atoms with E-state index < -0.39 is 0 Å². The number of aromatic nitrogens is 2. The first kappa shape index (κ1) is 15.5. The molecule has 122 valence electrons. The number of pyridine rings is 1. The van der Waals surface area contributed by atoms with Crippen LogP contribution in [-0.2, 0) is 0 Å². The first-order valence-corrected chi connectivity index (χ1v) is 9.32. The molecule has 0 atom stereocenters. The number of thioether (sulfide) groups is 1. The van der Waals surface area contributed by atoms with Crippen molar-refractivity contribution in [1.29, 1.82) is 0 Å². The third kappa shape index (κ3) is 2.75. The van der Waals surface area contributed by atoms with Crippen molar-refractivity contribution < 1.29 is 4.79 Å². The van der Waals surface area contributed by atoms with Crippen molar-refractivity contribution in [2.45, 2.75) is 37.6 Å². The molecule has 0 radical (unpaired) electrons. The number of ketones is 1. The fraction of sp³-hybridized carbons (Fsp3) is 0.300. The van der Waals surface area contributed by atoms with Crippen LogP contribution in [0.3, 0.4) is 0 Å². The normalized spacial score (nSPS) is 14.2. The van der Waals surface area contributed by atoms with Gasteiger partial charge in [-0.1, -0.05) is 18.2 Å². The van der Waals surface area contributed by atoms with Gasteiger partial charge < -0.3 is 4.57 Å². The number of benzene rings is 1. The van der Waals surface area contributed by atoms with Crippen LogP contribution in [0.25, 0.3) is 10.9 Å². The van der Waals surface area contributed by atoms with Crippen molar-refractivity contribution in [3.05, 3.63) is 59.5 Å². The van der Waals surface area contributed by atoms with Gasteiger partial charge in [0.05, 0.1) is 11.3 Å². The van der Waals surface area contributed by atoms with Gasteiger partial charge in [-0.15, -0.1) is 11.8 Å². The maximum Gasteiger partial charge on any atom is 0.174 e. The third-order valence-electron chi connectivity index (χ3n) is 4.66. The third-order valence-corrected chi connectivity index (χ3v) is 5.74. The number of Topliss-reactive ketones (excluding diaryl/α,β-unsaturated/α-hetero) is 1. The zero-order chi connectivity index (χ0) is 16.7. The Morgan fingerprint density at radius 1 is 1.25 bits per heavy atom. The van der Waals surface area contributed by atoms with Crippen LogP contribution in [0.1, 0.15) is 40.6 Å². The van der Waals surface area contributed by atoms with Crippen molar-refractivity contribution in [2.75, 3.05) is 5.75 Å². The zero-order valence-corrected chi connectivity index (χ0v) is 14.8. The summed E-state index contributed by atoms with van der Waals surface area (Å²) < 4.78 is 2.33. The smallest absolute Gasteiger partial charge is 0.174 e. The minimum Gasteiger partial charge on any atom is -0.345 e. The number of fused-ring (bicyclic) bond motifs is 1. The van der Waals surface area contributed by atoms with Gasteiger partial charge in [0.1, 0.15) is 0 Å². The first-order chi connectivity index (χ1) is 11.6. The number of para-hydroxylation sites is 1. The van der Waals surface area contributed by atoms with Crippen LogP contribution in [0.5, 0.6) is 0 Å². The molecule has 1 aliphatic carbocycles. The summed E-state index contributed by atoms with van der Waals surface area (Å²) in [5.41, 5.74) is 4.19. The lowest BCUT2D eigenvalue weighted by atomic mass is 10.2. The number of rotatable bonds is 5. The molecule has 0 aliphatic heterocycles. The maximum atomic E-state index is 12.7. The van der Waals surface area contributed by atoms with E-state index in [4.69, 9.17) is 0 Å². The molecule has 0 amide bonds. The number of carbonyl (C=O) groups excluding carboxylic acids is 1. The van der Waals surface area contributed by atoms with E-state index in [1.165, 1.54) is 18.5 Å². The summed E-state index contributed by atoms with van der Waals surface area (Å²) in [4.78, 5) is 18.2. The molecule has 1 saturated carbocycles. The summed E-state index contributed by atoms with van der Waals surface area (Å²) >= 11 is 1.60. The Morgan fingerprint density at radius 3 is 2.83 bits per heavy atom. The second kappa shape index (κ2) is 6.10. The molecular formula is C20H20N2OS. The average Bonchev–Trinajstić information content (AvgIpc) is 3.38. The second-order valence-corrected chi connectivity index (χ2v) is 7.44. The van der Waals surface area contributed by atoms with Crippen LogP contribution in [0.15, 0.2) is 47.5 Å². The highest BCUT2D eigenvalue weighted by Gasteiger charge is 2.28. The lowest BCUT2D eigenvalue weighted by molar-refractivity contribution is 0.102. The van der Waals surface area contributed by atoms with Crippen LogP contribution in [-0.4, -0.2) is 21.1 Å². The summed E-state index contributed by atoms with van der Waals surface area (Å²) in [6, 6.07) is 12.7. The molecule has 4 rings (SSSR count). The zero-order valence-electron chi connectivity index (χ0n) is 14.0. The Bertz CT molecular complexity index is 919. The average molecular weight is 336 g/mol. The van der Waals surface area contributed by atoms with Crippen LogP contribution >= 0.6 is 11.8 Å². The molecule has 0 unspecified atom stereocenters. The molecule has 0 saturated heterocycles. The molecule has 1 aromatic carbocycles. The van der Waals surface area contributed by atoms with E-state index in [0.29, 0.717) is 11.8 Å². The largest absolute Gasteiger partial charge is 0.345 e. The number of hydrogen-bond acceptors (Lipinski definition) is 3. The fourth-order valence-corrected chi connectivity index (χ4v) is 4.30. The first-order valence-electron chi connectivity index (χ1n) is 8.33. The van der Waals surface area contributed by atoms with Crippen molar-refractivity contribution in [3.63, 3.8) is 0 Å². The quantitative estimate of drug-likeness (QED) is 0.488. The van der Waals surface area contributed by atoms with Gasteiger partial charge in [-0.05, 0) is 44.9 Å². The van der Waals surface area contributed by atoms with Crippen LogP contribution < -0.4 is 0 Å². The molecule has 3 aromatic rings. The van der Waals surface area contributed by atoms with Crippen molar-refractivity contribution >= 4 is 28.4 Å². The van der Waals surface area contributed by atoms with E-state index in [-0.39, 0.29) is 5.78 Å². The maximum absolute atomic E-state index is 12.7. The Kier molecular flexibility index (Phi) is 3.93. The Hall–Kier alpha value is -2.07. The molecule has 0 bridgehead atoms. The Balaban J connectivity index is 1.55. The van der Waals surface area contributed by atoms with Gasteiger partial charge in [-0.2, -0.15) is 0 Å². The Morgan fingerprint density at radius 2 is 2.04 bits per heavy atom. The summed E-state index contributed by atoms with van der Waals surface area (Å²) in [5, 5.41) is 1.11. The van der Waals surface area contributed by atoms with E-state index in [2.05, 4.69) is 35.5 Å². The monoisotopic (exact) mass is 336 g/mol. The van der Waals surface area contributed by atoms with Gasteiger partial charge in [-0.3, -0.25) is 9.78 Å². The van der Waals surface area contributed by atoms with Gasteiger partial charge in [-0.25, -0.2) is 0 Å². The van der Waals surface area contributed by atoms with Crippen molar-refractivity contribution in [1.82, 2.24) is 9.55 Å². The minimum absolute atomic E-state index is 0.209. The summed E-state index contributed by atoms with van der Waals surface area (Å²) in [6.45, 7) is 4.18. The SMILES string of the molecule is Cc1cc(C(=O)CSc2ccnc3ccccc23)c(C)n1C1CC1. The molecule has 1 fully saturated rings. The second-order valence-electron chi connectivity index (χ2n) is 6.42. The highest BCUT2D eigenvalue weighted by molar-refractivity contribution is 8.00. The molecule has 24 heavy (non-hydrogen) atoms. The molecule has 2 aromatic heterocycles. The van der Waals surface area contributed by atoms with Crippen molar-refractivity contribution in [2.24, 2.45) is 0 Å². The predicted molar refractivity (Wildman–Crippen MR) is 99.0 cm³/mol. The summed E-state index contributed by atoms with van der Waals surface area (Å²) in [6.07, 6.45) is 4.29. The topological polar surface area (TPSA) is 34.9 Å². The van der Waals surface area contributed by atoms with Gasteiger partial charge in [0.25, 0.3) is 0 Å². The number of nitrogens with zero attached hydrogens (tertiary/aromatic N) is 2. The molecule has 3 nitrogen and oxygen atoms in total. The van der Waals surface area contributed by atoms with E-state index in [1.54, 1.807) is 11.8 Å². The van der Waals surface area contributed by atoms with E-state index >= 15 is 0 Å². The molecule has 4 heteroatoms. The number of aryl methyl sites for hydroxylation is 1. The molecule has 2 heterocycles. The molecule has 0 N–H and O–H groups in total. The van der Waals surface area contributed by atoms with Gasteiger partial charge >= 0.3 is 0 Å². The van der Waals surface area contributed by atoms with Crippen LogP contribution in [0, 0.1) is 13.8 Å². The number of hydrogen-bond donors (Lipinski definition) is 0. The standard InChI is InChI=1S/C20H20N2OS/c1-13-11-17(14(2)22(13)15-7-8-15)19(23)12-24-20-9-10-21-18-6-4-3-5-16(18)20/h3-6,9-11,15H,7-8,12H2,1-2H3. The molecule has 0 spiro atoms.